The molecule has 0 saturated heterocycles. The Morgan fingerprint density at radius 3 is 2.44 bits per heavy atom. The van der Waals surface area contributed by atoms with E-state index in [2.05, 4.69) is 26.1 Å². The molecule has 0 saturated carbocycles. The Labute approximate surface area is 107 Å². The van der Waals surface area contributed by atoms with Crippen LogP contribution in [0.3, 0.4) is 0 Å². The van der Waals surface area contributed by atoms with Gasteiger partial charge in [-0.15, -0.1) is 0 Å². The molecule has 1 unspecified atom stereocenters. The van der Waals surface area contributed by atoms with Crippen molar-refractivity contribution in [1.29, 1.82) is 0 Å². The second-order valence-corrected chi connectivity index (χ2v) is 5.55. The van der Waals surface area contributed by atoms with Gasteiger partial charge in [0.2, 0.25) is 0 Å². The van der Waals surface area contributed by atoms with Crippen LogP contribution < -0.4 is 5.32 Å². The normalized spacial score (nSPS) is 13.7. The molecule has 4 heteroatoms. The summed E-state index contributed by atoms with van der Waals surface area (Å²) in [4.78, 5) is 0. The van der Waals surface area contributed by atoms with E-state index < -0.39 is 11.6 Å². The van der Waals surface area contributed by atoms with Gasteiger partial charge in [0, 0.05) is 30.8 Å². The van der Waals surface area contributed by atoms with E-state index in [9.17, 15) is 8.78 Å². The zero-order valence-electron chi connectivity index (χ0n) is 11.1. The fourth-order valence-electron chi connectivity index (χ4n) is 1.87. The Hall–Kier alpha value is -1.00. The molecule has 102 valence electrons. The van der Waals surface area contributed by atoms with E-state index in [-0.39, 0.29) is 18.1 Å². The van der Waals surface area contributed by atoms with Crippen molar-refractivity contribution in [1.82, 2.24) is 5.32 Å². The van der Waals surface area contributed by atoms with Crippen LogP contribution in [0.5, 0.6) is 0 Å². The van der Waals surface area contributed by atoms with Crippen molar-refractivity contribution >= 4 is 0 Å². The van der Waals surface area contributed by atoms with E-state index in [4.69, 9.17) is 5.11 Å². The zero-order chi connectivity index (χ0) is 13.8. The number of halogens is 2. The minimum Gasteiger partial charge on any atom is -0.396 e. The second-order valence-electron chi connectivity index (χ2n) is 5.55. The van der Waals surface area contributed by atoms with Crippen molar-refractivity contribution in [3.8, 4) is 0 Å². The molecule has 1 atom stereocenters. The molecule has 1 aromatic rings. The lowest BCUT2D eigenvalue weighted by Gasteiger charge is -2.31. The van der Waals surface area contributed by atoms with E-state index in [0.29, 0.717) is 18.5 Å². The predicted molar refractivity (Wildman–Crippen MR) is 68.1 cm³/mol. The van der Waals surface area contributed by atoms with Gasteiger partial charge in [0.25, 0.3) is 0 Å². The van der Waals surface area contributed by atoms with E-state index in [1.807, 2.05) is 0 Å². The van der Waals surface area contributed by atoms with Crippen LogP contribution in [0.1, 0.15) is 32.8 Å². The van der Waals surface area contributed by atoms with Crippen molar-refractivity contribution in [2.75, 3.05) is 6.61 Å². The maximum atomic E-state index is 13.5. The summed E-state index contributed by atoms with van der Waals surface area (Å²) < 4.78 is 26.2. The van der Waals surface area contributed by atoms with E-state index in [1.54, 1.807) is 0 Å². The minimum atomic E-state index is -0.570. The van der Waals surface area contributed by atoms with Crippen molar-refractivity contribution < 1.29 is 13.9 Å². The standard InChI is InChI=1S/C14H21F2NO/c1-14(2,3)13(6-7-18)17-9-10-4-5-11(15)8-12(10)16/h4-5,8,13,17-18H,6-7,9H2,1-3H3. The van der Waals surface area contributed by atoms with Crippen molar-refractivity contribution in [3.63, 3.8) is 0 Å². The topological polar surface area (TPSA) is 32.3 Å². The molecule has 2 nitrogen and oxygen atoms in total. The molecule has 1 aromatic carbocycles. The third-order valence-electron chi connectivity index (χ3n) is 3.02. The first-order valence-corrected chi connectivity index (χ1v) is 6.12. The van der Waals surface area contributed by atoms with E-state index >= 15 is 0 Å². The highest BCUT2D eigenvalue weighted by Crippen LogP contribution is 2.22. The Balaban J connectivity index is 2.67. The number of rotatable bonds is 5. The third kappa shape index (κ3) is 4.35. The first kappa shape index (κ1) is 15.1. The first-order valence-electron chi connectivity index (χ1n) is 6.12. The lowest BCUT2D eigenvalue weighted by atomic mass is 9.85. The van der Waals surface area contributed by atoms with Crippen LogP contribution in [0.15, 0.2) is 18.2 Å². The average Bonchev–Trinajstić information content (AvgIpc) is 2.24. The lowest BCUT2D eigenvalue weighted by molar-refractivity contribution is 0.196. The molecule has 0 aromatic heterocycles. The number of aliphatic hydroxyl groups excluding tert-OH is 1. The highest BCUT2D eigenvalue weighted by Gasteiger charge is 2.23. The number of aliphatic hydroxyl groups is 1. The van der Waals surface area contributed by atoms with Crippen molar-refractivity contribution in [2.24, 2.45) is 5.41 Å². The maximum Gasteiger partial charge on any atom is 0.130 e. The summed E-state index contributed by atoms with van der Waals surface area (Å²) in [5, 5.41) is 12.2. The van der Waals surface area contributed by atoms with E-state index in [1.165, 1.54) is 12.1 Å². The fourth-order valence-corrected chi connectivity index (χ4v) is 1.87. The smallest absolute Gasteiger partial charge is 0.130 e. The van der Waals surface area contributed by atoms with Gasteiger partial charge in [-0.05, 0) is 17.9 Å². The van der Waals surface area contributed by atoms with Crippen LogP contribution in [0.4, 0.5) is 8.78 Å². The summed E-state index contributed by atoms with van der Waals surface area (Å²) in [5.74, 6) is -1.11. The second kappa shape index (κ2) is 6.25. The Kier molecular flexibility index (Phi) is 5.23. The number of hydrogen-bond acceptors (Lipinski definition) is 2. The van der Waals surface area contributed by atoms with Gasteiger partial charge in [-0.1, -0.05) is 26.8 Å². The van der Waals surface area contributed by atoms with Gasteiger partial charge in [0.05, 0.1) is 0 Å². The molecule has 0 spiro atoms. The fraction of sp³-hybridized carbons (Fsp3) is 0.571. The summed E-state index contributed by atoms with van der Waals surface area (Å²) in [5.41, 5.74) is 0.405. The molecule has 1 rings (SSSR count). The van der Waals surface area contributed by atoms with Crippen LogP contribution in [0, 0.1) is 17.0 Å². The molecule has 0 aliphatic carbocycles. The van der Waals surface area contributed by atoms with E-state index in [0.717, 1.165) is 6.07 Å². The van der Waals surface area contributed by atoms with Gasteiger partial charge in [-0.2, -0.15) is 0 Å². The van der Waals surface area contributed by atoms with Gasteiger partial charge in [-0.3, -0.25) is 0 Å². The highest BCUT2D eigenvalue weighted by atomic mass is 19.1. The lowest BCUT2D eigenvalue weighted by Crippen LogP contribution is -2.40. The molecule has 0 aliphatic heterocycles. The number of nitrogens with one attached hydrogen (secondary N) is 1. The van der Waals surface area contributed by atoms with Crippen molar-refractivity contribution in [3.05, 3.63) is 35.4 Å². The highest BCUT2D eigenvalue weighted by molar-refractivity contribution is 5.18. The molecule has 2 N–H and O–H groups in total. The minimum absolute atomic E-state index is 0.0285. The predicted octanol–water partition coefficient (Wildman–Crippen LogP) is 2.85. The quantitative estimate of drug-likeness (QED) is 0.850. The van der Waals surface area contributed by atoms with Crippen molar-refractivity contribution in [2.45, 2.75) is 39.8 Å². The SMILES string of the molecule is CC(C)(C)C(CCO)NCc1ccc(F)cc1F. The van der Waals surface area contributed by atoms with Crippen LogP contribution in [0.2, 0.25) is 0 Å². The number of benzene rings is 1. The largest absolute Gasteiger partial charge is 0.396 e. The summed E-state index contributed by atoms with van der Waals surface area (Å²) in [6.07, 6.45) is 0.603. The molecule has 0 heterocycles. The molecule has 18 heavy (non-hydrogen) atoms. The molecule has 0 bridgehead atoms. The third-order valence-corrected chi connectivity index (χ3v) is 3.02. The summed E-state index contributed by atoms with van der Waals surface area (Å²) in [7, 11) is 0. The maximum absolute atomic E-state index is 13.5. The molecular formula is C14H21F2NO. The molecule has 0 fully saturated rings. The summed E-state index contributed by atoms with van der Waals surface area (Å²) in [6.45, 7) is 6.58. The Bertz CT molecular complexity index is 388. The van der Waals surface area contributed by atoms with Gasteiger partial charge >= 0.3 is 0 Å². The van der Waals surface area contributed by atoms with Gasteiger partial charge in [0.1, 0.15) is 11.6 Å². The van der Waals surface area contributed by atoms with Gasteiger partial charge in [0.15, 0.2) is 0 Å². The van der Waals surface area contributed by atoms with Crippen LogP contribution >= 0.6 is 0 Å². The first-order chi connectivity index (χ1) is 8.34. The zero-order valence-corrected chi connectivity index (χ0v) is 11.1. The molecular weight excluding hydrogens is 236 g/mol. The van der Waals surface area contributed by atoms with Gasteiger partial charge in [-0.25, -0.2) is 8.78 Å². The summed E-state index contributed by atoms with van der Waals surface area (Å²) >= 11 is 0. The average molecular weight is 257 g/mol. The Morgan fingerprint density at radius 2 is 1.94 bits per heavy atom. The van der Waals surface area contributed by atoms with Crippen LogP contribution in [-0.4, -0.2) is 17.8 Å². The Morgan fingerprint density at radius 1 is 1.28 bits per heavy atom. The molecule has 0 amide bonds. The molecule has 0 aliphatic rings. The monoisotopic (exact) mass is 257 g/mol. The van der Waals surface area contributed by atoms with Gasteiger partial charge < -0.3 is 10.4 Å². The van der Waals surface area contributed by atoms with Crippen LogP contribution in [-0.2, 0) is 6.54 Å². The molecule has 0 radical (unpaired) electrons. The summed E-state index contributed by atoms with van der Waals surface area (Å²) in [6, 6.07) is 3.65. The van der Waals surface area contributed by atoms with Crippen LogP contribution in [0.25, 0.3) is 0 Å². The number of hydrogen-bond donors (Lipinski definition) is 2.